The van der Waals surface area contributed by atoms with Crippen LogP contribution in [0.3, 0.4) is 0 Å². The number of phenolic OH excluding ortho intramolecular Hbond substituents is 2. The molecule has 3 N–H and O–H groups in total. The van der Waals surface area contributed by atoms with Gasteiger partial charge in [0.1, 0.15) is 0 Å². The Morgan fingerprint density at radius 1 is 1.15 bits per heavy atom. The Morgan fingerprint density at radius 2 is 1.88 bits per heavy atom. The van der Waals surface area contributed by atoms with Crippen LogP contribution in [0, 0.1) is 5.41 Å². The second-order valence-corrected chi connectivity index (χ2v) is 8.87. The van der Waals surface area contributed by atoms with Gasteiger partial charge in [-0.25, -0.2) is 0 Å². The van der Waals surface area contributed by atoms with Crippen LogP contribution in [0.2, 0.25) is 0 Å². The smallest absolute Gasteiger partial charge is 0.159 e. The van der Waals surface area contributed by atoms with E-state index in [1.807, 2.05) is 0 Å². The van der Waals surface area contributed by atoms with E-state index in [4.69, 9.17) is 4.98 Å². The number of phenols is 2. The van der Waals surface area contributed by atoms with Crippen molar-refractivity contribution in [3.63, 3.8) is 0 Å². The topological polar surface area (TPSA) is 68.6 Å². The first-order chi connectivity index (χ1) is 12.4. The molecule has 2 aromatic rings. The minimum absolute atomic E-state index is 0.0723. The van der Waals surface area contributed by atoms with Crippen molar-refractivity contribution in [3.05, 3.63) is 23.4 Å². The maximum Gasteiger partial charge on any atom is 0.159 e. The molecule has 1 spiro atoms. The van der Waals surface area contributed by atoms with Crippen molar-refractivity contribution in [3.8, 4) is 11.5 Å². The summed E-state index contributed by atoms with van der Waals surface area (Å²) in [4.78, 5) is 7.29. The van der Waals surface area contributed by atoms with Crippen LogP contribution in [0.5, 0.6) is 11.5 Å². The molecule has 5 nitrogen and oxygen atoms in total. The molecule has 1 saturated carbocycles. The molecule has 26 heavy (non-hydrogen) atoms. The fourth-order valence-corrected chi connectivity index (χ4v) is 5.18. The highest BCUT2D eigenvalue weighted by Crippen LogP contribution is 2.51. The van der Waals surface area contributed by atoms with Gasteiger partial charge in [-0.1, -0.05) is 0 Å². The maximum atomic E-state index is 10.00. The average molecular weight is 353 g/mol. The number of hydrogen-bond acceptors (Lipinski definition) is 5. The highest BCUT2D eigenvalue weighted by atomic mass is 16.3. The van der Waals surface area contributed by atoms with Gasteiger partial charge >= 0.3 is 0 Å². The van der Waals surface area contributed by atoms with Crippen LogP contribution in [0.25, 0.3) is 10.9 Å². The monoisotopic (exact) mass is 353 g/mol. The van der Waals surface area contributed by atoms with Crippen molar-refractivity contribution in [2.75, 3.05) is 18.4 Å². The van der Waals surface area contributed by atoms with E-state index in [1.165, 1.54) is 31.5 Å². The molecule has 3 aliphatic rings. The average Bonchev–Trinajstić information content (AvgIpc) is 2.96. The van der Waals surface area contributed by atoms with Gasteiger partial charge in [0.15, 0.2) is 11.5 Å². The molecule has 2 aliphatic carbocycles. The van der Waals surface area contributed by atoms with Gasteiger partial charge in [-0.15, -0.1) is 0 Å². The molecule has 5 heteroatoms. The molecule has 1 aromatic heterocycles. The number of aromatic hydroxyl groups is 2. The SMILES string of the molecule is CC(C)N1CC2(CC(Nc3c4c(nc5cc(O)c(O)cc35)CCC4)C2)C1. The van der Waals surface area contributed by atoms with Crippen LogP contribution in [-0.4, -0.2) is 45.3 Å². The lowest BCUT2D eigenvalue weighted by molar-refractivity contribution is -0.0819. The first-order valence-electron chi connectivity index (χ1n) is 9.82. The molecule has 2 heterocycles. The summed E-state index contributed by atoms with van der Waals surface area (Å²) < 4.78 is 0. The van der Waals surface area contributed by atoms with E-state index < -0.39 is 0 Å². The number of fused-ring (bicyclic) bond motifs is 2. The summed E-state index contributed by atoms with van der Waals surface area (Å²) in [6.07, 6.45) is 5.61. The summed E-state index contributed by atoms with van der Waals surface area (Å²) in [6, 6.07) is 4.39. The van der Waals surface area contributed by atoms with Crippen LogP contribution in [0.4, 0.5) is 5.69 Å². The summed E-state index contributed by atoms with van der Waals surface area (Å²) in [7, 11) is 0. The number of benzene rings is 1. The van der Waals surface area contributed by atoms with E-state index in [-0.39, 0.29) is 11.5 Å². The zero-order chi connectivity index (χ0) is 18.1. The number of pyridine rings is 1. The second kappa shape index (κ2) is 5.49. The Bertz CT molecular complexity index is 879. The molecule has 0 bridgehead atoms. The zero-order valence-corrected chi connectivity index (χ0v) is 15.5. The van der Waals surface area contributed by atoms with Gasteiger partial charge in [0.05, 0.1) is 5.52 Å². The third kappa shape index (κ3) is 2.37. The van der Waals surface area contributed by atoms with E-state index in [2.05, 4.69) is 24.1 Å². The highest BCUT2D eigenvalue weighted by Gasteiger charge is 2.52. The quantitative estimate of drug-likeness (QED) is 0.738. The van der Waals surface area contributed by atoms with Gasteiger partial charge in [0.25, 0.3) is 0 Å². The van der Waals surface area contributed by atoms with E-state index >= 15 is 0 Å². The van der Waals surface area contributed by atoms with Crippen molar-refractivity contribution in [1.29, 1.82) is 0 Å². The third-order valence-electron chi connectivity index (χ3n) is 6.62. The van der Waals surface area contributed by atoms with E-state index in [0.29, 0.717) is 17.5 Å². The van der Waals surface area contributed by atoms with Crippen LogP contribution in [0.15, 0.2) is 12.1 Å². The first-order valence-corrected chi connectivity index (χ1v) is 9.82. The molecule has 2 fully saturated rings. The largest absolute Gasteiger partial charge is 0.504 e. The Kier molecular flexibility index (Phi) is 3.42. The molecule has 0 unspecified atom stereocenters. The molecular weight excluding hydrogens is 326 g/mol. The lowest BCUT2D eigenvalue weighted by Crippen LogP contribution is -2.66. The number of likely N-dealkylation sites (tertiary alicyclic amines) is 1. The van der Waals surface area contributed by atoms with Crippen LogP contribution in [-0.2, 0) is 12.8 Å². The lowest BCUT2D eigenvalue weighted by atomic mass is 9.60. The maximum absolute atomic E-state index is 10.00. The predicted octanol–water partition coefficient (Wildman–Crippen LogP) is 3.42. The number of aryl methyl sites for hydroxylation is 1. The van der Waals surface area contributed by atoms with Crippen molar-refractivity contribution < 1.29 is 10.2 Å². The number of hydrogen-bond donors (Lipinski definition) is 3. The first kappa shape index (κ1) is 16.2. The minimum atomic E-state index is -0.0975. The highest BCUT2D eigenvalue weighted by molar-refractivity contribution is 5.96. The number of nitrogens with one attached hydrogen (secondary N) is 1. The Hall–Kier alpha value is -2.01. The van der Waals surface area contributed by atoms with Gasteiger partial charge in [0, 0.05) is 48.0 Å². The molecule has 1 aromatic carbocycles. The van der Waals surface area contributed by atoms with Gasteiger partial charge in [-0.2, -0.15) is 0 Å². The number of aromatic nitrogens is 1. The van der Waals surface area contributed by atoms with Crippen molar-refractivity contribution >= 4 is 16.6 Å². The fraction of sp³-hybridized carbons (Fsp3) is 0.571. The van der Waals surface area contributed by atoms with Crippen molar-refractivity contribution in [1.82, 2.24) is 9.88 Å². The number of rotatable bonds is 3. The molecule has 0 atom stereocenters. The summed E-state index contributed by atoms with van der Waals surface area (Å²) in [5.41, 5.74) is 4.88. The number of nitrogens with zero attached hydrogens (tertiary/aromatic N) is 2. The lowest BCUT2D eigenvalue weighted by Gasteiger charge is -2.60. The standard InChI is InChI=1S/C21H27N3O2/c1-12(2)24-10-21(11-24)8-13(9-21)22-20-14-4-3-5-16(14)23-17-7-19(26)18(25)6-15(17)20/h6-7,12-13,25-26H,3-5,8-11H2,1-2H3,(H,22,23). The molecule has 138 valence electrons. The molecular formula is C21H27N3O2. The van der Waals surface area contributed by atoms with Crippen LogP contribution in [0.1, 0.15) is 44.4 Å². The summed E-state index contributed by atoms with van der Waals surface area (Å²) in [5, 5.41) is 24.6. The van der Waals surface area contributed by atoms with Crippen LogP contribution < -0.4 is 5.32 Å². The fourth-order valence-electron chi connectivity index (χ4n) is 5.18. The molecule has 1 aliphatic heterocycles. The van der Waals surface area contributed by atoms with E-state index in [0.717, 1.165) is 41.5 Å². The van der Waals surface area contributed by atoms with Crippen molar-refractivity contribution in [2.24, 2.45) is 5.41 Å². The van der Waals surface area contributed by atoms with E-state index in [1.54, 1.807) is 12.1 Å². The Balaban J connectivity index is 1.42. The summed E-state index contributed by atoms with van der Waals surface area (Å²) in [6.45, 7) is 7.00. The summed E-state index contributed by atoms with van der Waals surface area (Å²) >= 11 is 0. The van der Waals surface area contributed by atoms with Gasteiger partial charge in [0.2, 0.25) is 0 Å². The number of anilines is 1. The van der Waals surface area contributed by atoms with Crippen molar-refractivity contribution in [2.45, 2.75) is 58.0 Å². The normalized spacial score (nSPS) is 21.8. The van der Waals surface area contributed by atoms with Crippen LogP contribution >= 0.6 is 0 Å². The Morgan fingerprint density at radius 3 is 2.62 bits per heavy atom. The molecule has 5 rings (SSSR count). The van der Waals surface area contributed by atoms with Gasteiger partial charge in [-0.05, 0) is 63.0 Å². The Labute approximate surface area is 154 Å². The second-order valence-electron chi connectivity index (χ2n) is 8.87. The predicted molar refractivity (Wildman–Crippen MR) is 103 cm³/mol. The van der Waals surface area contributed by atoms with E-state index in [9.17, 15) is 10.2 Å². The van der Waals surface area contributed by atoms with Gasteiger partial charge in [-0.3, -0.25) is 9.88 Å². The molecule has 1 saturated heterocycles. The zero-order valence-electron chi connectivity index (χ0n) is 15.5. The third-order valence-corrected chi connectivity index (χ3v) is 6.62. The summed E-state index contributed by atoms with van der Waals surface area (Å²) in [5.74, 6) is -0.170. The molecule has 0 radical (unpaired) electrons. The molecule has 0 amide bonds. The van der Waals surface area contributed by atoms with Gasteiger partial charge < -0.3 is 15.5 Å². The minimum Gasteiger partial charge on any atom is -0.504 e.